The molecule has 2 aliphatic rings. The first-order valence-corrected chi connectivity index (χ1v) is 16.1. The summed E-state index contributed by atoms with van der Waals surface area (Å²) in [6.07, 6.45) is 7.76. The van der Waals surface area contributed by atoms with Gasteiger partial charge in [-0.2, -0.15) is 4.98 Å². The van der Waals surface area contributed by atoms with E-state index in [-0.39, 0.29) is 17.3 Å². The number of rotatable bonds is 8. The number of aromatic nitrogens is 2. The number of carbonyl (C=O) groups excluding carboxylic acids is 2. The van der Waals surface area contributed by atoms with E-state index in [0.717, 1.165) is 50.5 Å². The van der Waals surface area contributed by atoms with Gasteiger partial charge in [0.25, 0.3) is 5.91 Å². The molecule has 0 aliphatic carbocycles. The zero-order valence-electron chi connectivity index (χ0n) is 27.4. The molecule has 3 aromatic rings. The average Bonchev–Trinajstić information content (AvgIpc) is 3.01. The first-order valence-electron chi connectivity index (χ1n) is 16.1. The summed E-state index contributed by atoms with van der Waals surface area (Å²) in [5.74, 6) is -0.251. The van der Waals surface area contributed by atoms with Gasteiger partial charge in [-0.3, -0.25) is 9.59 Å². The quantitative estimate of drug-likeness (QED) is 0.270. The van der Waals surface area contributed by atoms with E-state index in [1.807, 2.05) is 33.8 Å². The second kappa shape index (κ2) is 14.1. The molecule has 2 aliphatic heterocycles. The summed E-state index contributed by atoms with van der Waals surface area (Å²) in [6.45, 7) is 13.7. The molecule has 8 nitrogen and oxygen atoms in total. The fraction of sp³-hybridized carbons (Fsp3) is 0.444. The molecule has 3 heterocycles. The van der Waals surface area contributed by atoms with Crippen LogP contribution >= 0.6 is 0 Å². The highest BCUT2D eigenvalue weighted by molar-refractivity contribution is 5.97. The third kappa shape index (κ3) is 7.78. The number of nitrogens with zero attached hydrogens (tertiary/aromatic N) is 4. The lowest BCUT2D eigenvalue weighted by molar-refractivity contribution is -0.105. The molecular weight excluding hydrogens is 586 g/mol. The predicted octanol–water partition coefficient (Wildman–Crippen LogP) is 6.70. The number of benzene rings is 2. The fourth-order valence-electron chi connectivity index (χ4n) is 6.22. The molecule has 0 bridgehead atoms. The summed E-state index contributed by atoms with van der Waals surface area (Å²) in [7, 11) is 0. The molecule has 0 saturated carbocycles. The molecule has 46 heavy (non-hydrogen) atoms. The summed E-state index contributed by atoms with van der Waals surface area (Å²) >= 11 is 0. The molecule has 244 valence electrons. The summed E-state index contributed by atoms with van der Waals surface area (Å²) in [4.78, 5) is 39.5. The molecule has 2 amide bonds. The minimum atomic E-state index is -0.719. The first-order chi connectivity index (χ1) is 21.9. The predicted molar refractivity (Wildman–Crippen MR) is 180 cm³/mol. The van der Waals surface area contributed by atoms with E-state index in [4.69, 9.17) is 9.97 Å². The normalized spacial score (nSPS) is 17.0. The molecule has 2 N–H and O–H groups in total. The van der Waals surface area contributed by atoms with Gasteiger partial charge in [-0.25, -0.2) is 13.8 Å². The Hall–Kier alpha value is -4.18. The van der Waals surface area contributed by atoms with Gasteiger partial charge < -0.3 is 20.4 Å². The van der Waals surface area contributed by atoms with Crippen molar-refractivity contribution in [2.24, 2.45) is 5.92 Å². The molecule has 1 aromatic heterocycles. The third-order valence-corrected chi connectivity index (χ3v) is 8.87. The van der Waals surface area contributed by atoms with Crippen LogP contribution in [0.1, 0.15) is 80.4 Å². The van der Waals surface area contributed by atoms with Crippen LogP contribution in [-0.4, -0.2) is 64.9 Å². The second-order valence-electron chi connectivity index (χ2n) is 13.5. The topological polar surface area (TPSA) is 90.5 Å². The van der Waals surface area contributed by atoms with Crippen molar-refractivity contribution in [1.82, 2.24) is 20.2 Å². The summed E-state index contributed by atoms with van der Waals surface area (Å²) < 4.78 is 29.2. The fourth-order valence-corrected chi connectivity index (χ4v) is 6.22. The number of carbonyl (C=O) groups is 2. The molecule has 2 fully saturated rings. The van der Waals surface area contributed by atoms with Gasteiger partial charge in [0.05, 0.1) is 5.69 Å². The Morgan fingerprint density at radius 2 is 1.59 bits per heavy atom. The molecule has 0 spiro atoms. The monoisotopic (exact) mass is 630 g/mol. The van der Waals surface area contributed by atoms with Gasteiger partial charge in [0.2, 0.25) is 12.4 Å². The van der Waals surface area contributed by atoms with E-state index in [0.29, 0.717) is 40.8 Å². The van der Waals surface area contributed by atoms with Crippen LogP contribution in [0.15, 0.2) is 36.4 Å². The number of amides is 2. The second-order valence-corrected chi connectivity index (χ2v) is 13.5. The van der Waals surface area contributed by atoms with Crippen LogP contribution in [0.5, 0.6) is 0 Å². The highest BCUT2D eigenvalue weighted by atomic mass is 19.1. The van der Waals surface area contributed by atoms with Crippen molar-refractivity contribution in [3.8, 4) is 11.3 Å². The largest absolute Gasteiger partial charge is 0.347 e. The highest BCUT2D eigenvalue weighted by Crippen LogP contribution is 2.35. The standard InChI is InChI=1S/C36H44F2N6O2/c1-23-13-17-43(18-14-23)26-15-19-44(20-16-26)35-40-32(29-21-25(10-9-24(29)2)34(46)42-36(3,4)5)28(33(41-35)39-22-45)12-11-27-30(37)7-6-8-31(27)38/h6-12,21-23,26H,13-20H2,1-5H3,(H,42,46)(H,39,40,41,45)/b12-11-. The first kappa shape index (κ1) is 33.2. The zero-order chi connectivity index (χ0) is 33.0. The van der Waals surface area contributed by atoms with Crippen LogP contribution in [0.2, 0.25) is 0 Å². The van der Waals surface area contributed by atoms with Crippen LogP contribution in [0, 0.1) is 24.5 Å². The average molecular weight is 631 g/mol. The van der Waals surface area contributed by atoms with Crippen LogP contribution in [0.25, 0.3) is 23.4 Å². The van der Waals surface area contributed by atoms with Crippen molar-refractivity contribution in [3.63, 3.8) is 0 Å². The lowest BCUT2D eigenvalue weighted by Gasteiger charge is -2.41. The van der Waals surface area contributed by atoms with E-state index in [9.17, 15) is 18.4 Å². The highest BCUT2D eigenvalue weighted by Gasteiger charge is 2.29. The molecule has 5 rings (SSSR count). The third-order valence-electron chi connectivity index (χ3n) is 8.87. The van der Waals surface area contributed by atoms with Gasteiger partial charge >= 0.3 is 0 Å². The molecule has 2 saturated heterocycles. The van der Waals surface area contributed by atoms with Crippen molar-refractivity contribution in [2.45, 2.75) is 71.9 Å². The minimum Gasteiger partial charge on any atom is -0.347 e. The van der Waals surface area contributed by atoms with Gasteiger partial charge in [0, 0.05) is 46.9 Å². The number of anilines is 2. The maximum atomic E-state index is 14.6. The van der Waals surface area contributed by atoms with E-state index < -0.39 is 17.2 Å². The van der Waals surface area contributed by atoms with Crippen LogP contribution in [0.4, 0.5) is 20.5 Å². The van der Waals surface area contributed by atoms with Gasteiger partial charge in [0.1, 0.15) is 17.5 Å². The van der Waals surface area contributed by atoms with Crippen molar-refractivity contribution in [3.05, 3.63) is 70.3 Å². The molecule has 0 radical (unpaired) electrons. The van der Waals surface area contributed by atoms with Crippen molar-refractivity contribution in [1.29, 1.82) is 0 Å². The van der Waals surface area contributed by atoms with Crippen LogP contribution in [-0.2, 0) is 4.79 Å². The number of hydrogen-bond acceptors (Lipinski definition) is 6. The zero-order valence-corrected chi connectivity index (χ0v) is 27.4. The van der Waals surface area contributed by atoms with Crippen molar-refractivity contribution < 1.29 is 18.4 Å². The minimum absolute atomic E-state index is 0.207. The number of piperidine rings is 2. The van der Waals surface area contributed by atoms with Gasteiger partial charge in [-0.05, 0) is 114 Å². The number of likely N-dealkylation sites (tertiary alicyclic amines) is 1. The number of nitrogens with one attached hydrogen (secondary N) is 2. The summed E-state index contributed by atoms with van der Waals surface area (Å²) in [5.41, 5.74) is 2.06. The van der Waals surface area contributed by atoms with Crippen LogP contribution < -0.4 is 15.5 Å². The molecule has 10 heteroatoms. The summed E-state index contributed by atoms with van der Waals surface area (Å²) in [6, 6.07) is 9.54. The van der Waals surface area contributed by atoms with E-state index in [2.05, 4.69) is 27.4 Å². The van der Waals surface area contributed by atoms with E-state index in [1.54, 1.807) is 12.1 Å². The van der Waals surface area contributed by atoms with Gasteiger partial charge in [-0.15, -0.1) is 0 Å². The van der Waals surface area contributed by atoms with Crippen molar-refractivity contribution >= 4 is 36.2 Å². The smallest absolute Gasteiger partial charge is 0.251 e. The number of halogens is 2. The van der Waals surface area contributed by atoms with Crippen molar-refractivity contribution in [2.75, 3.05) is 36.4 Å². The Morgan fingerprint density at radius 3 is 2.22 bits per heavy atom. The Bertz CT molecular complexity index is 1580. The van der Waals surface area contributed by atoms with Gasteiger partial charge in [0.15, 0.2) is 0 Å². The lowest BCUT2D eigenvalue weighted by atomic mass is 9.95. The van der Waals surface area contributed by atoms with E-state index >= 15 is 0 Å². The van der Waals surface area contributed by atoms with Crippen LogP contribution in [0.3, 0.4) is 0 Å². The SMILES string of the molecule is Cc1ccc(C(=O)NC(C)(C)C)cc1-c1nc(N2CCC(N3CCC(C)CC3)CC2)nc(NC=O)c1/C=C\c1c(F)cccc1F. The molecule has 0 unspecified atom stereocenters. The molecule has 2 aromatic carbocycles. The van der Waals surface area contributed by atoms with Gasteiger partial charge in [-0.1, -0.05) is 19.1 Å². The lowest BCUT2D eigenvalue weighted by Crippen LogP contribution is -2.48. The Kier molecular flexibility index (Phi) is 10.2. The van der Waals surface area contributed by atoms with E-state index in [1.165, 1.54) is 43.2 Å². The number of hydrogen-bond donors (Lipinski definition) is 2. The Morgan fingerprint density at radius 1 is 0.935 bits per heavy atom. The number of aryl methyl sites for hydroxylation is 1. The Balaban J connectivity index is 1.57. The maximum Gasteiger partial charge on any atom is 0.251 e. The Labute approximate surface area is 270 Å². The molecule has 0 atom stereocenters. The summed E-state index contributed by atoms with van der Waals surface area (Å²) in [5, 5.41) is 5.69. The molecular formula is C36H44F2N6O2. The maximum absolute atomic E-state index is 14.6.